The molecular weight excluding hydrogens is 418 g/mol. The fourth-order valence-corrected chi connectivity index (χ4v) is 3.06. The number of nitrogens with zero attached hydrogens (tertiary/aromatic N) is 2. The van der Waals surface area contributed by atoms with Crippen molar-refractivity contribution >= 4 is 27.5 Å². The number of sulfonamides is 1. The molecule has 0 aliphatic rings. The molecule has 1 amide bonds. The largest absolute Gasteiger partial charge is 0.481 e. The molecule has 0 spiro atoms. The minimum atomic E-state index is -3.71. The molecular formula is C19H16ClN3O5S. The van der Waals surface area contributed by atoms with Gasteiger partial charge in [-0.1, -0.05) is 11.6 Å². The molecule has 1 aromatic carbocycles. The van der Waals surface area contributed by atoms with Gasteiger partial charge >= 0.3 is 0 Å². The summed E-state index contributed by atoms with van der Waals surface area (Å²) in [5.74, 6) is 0.184. The second kappa shape index (κ2) is 8.46. The molecule has 1 N–H and O–H groups in total. The summed E-state index contributed by atoms with van der Waals surface area (Å²) in [4.78, 5) is 20.6. The van der Waals surface area contributed by atoms with E-state index in [1.807, 2.05) is 4.72 Å². The first-order valence-electron chi connectivity index (χ1n) is 8.22. The number of methoxy groups -OCH3 is 1. The van der Waals surface area contributed by atoms with E-state index in [1.54, 1.807) is 30.5 Å². The van der Waals surface area contributed by atoms with Crippen LogP contribution in [0.4, 0.5) is 0 Å². The topological polar surface area (TPSA) is 107 Å². The highest BCUT2D eigenvalue weighted by Crippen LogP contribution is 2.37. The number of hydrogen-bond donors (Lipinski definition) is 1. The van der Waals surface area contributed by atoms with Crippen LogP contribution in [0.2, 0.25) is 5.02 Å². The Balaban J connectivity index is 2.10. The number of benzene rings is 1. The van der Waals surface area contributed by atoms with Gasteiger partial charge in [-0.2, -0.15) is 0 Å². The summed E-state index contributed by atoms with van der Waals surface area (Å²) >= 11 is 5.85. The van der Waals surface area contributed by atoms with Gasteiger partial charge in [-0.05, 0) is 36.4 Å². The Morgan fingerprint density at radius 2 is 1.90 bits per heavy atom. The second-order valence-corrected chi connectivity index (χ2v) is 8.08. The monoisotopic (exact) mass is 433 g/mol. The first-order chi connectivity index (χ1) is 13.8. The molecule has 29 heavy (non-hydrogen) atoms. The summed E-state index contributed by atoms with van der Waals surface area (Å²) in [6.45, 7) is 0. The Labute approximate surface area is 172 Å². The van der Waals surface area contributed by atoms with Crippen molar-refractivity contribution in [1.29, 1.82) is 0 Å². The molecule has 0 radical (unpaired) electrons. The average Bonchev–Trinajstić information content (AvgIpc) is 2.68. The number of halogens is 1. The highest BCUT2D eigenvalue weighted by molar-refractivity contribution is 7.89. The van der Waals surface area contributed by atoms with Crippen molar-refractivity contribution in [1.82, 2.24) is 14.7 Å². The Bertz CT molecular complexity index is 1150. The molecule has 0 atom stereocenters. The third kappa shape index (κ3) is 5.21. The number of hydrogen-bond acceptors (Lipinski definition) is 7. The Morgan fingerprint density at radius 1 is 1.10 bits per heavy atom. The van der Waals surface area contributed by atoms with Crippen molar-refractivity contribution in [3.8, 4) is 28.6 Å². The number of amides is 1. The van der Waals surface area contributed by atoms with Crippen molar-refractivity contribution < 1.29 is 22.7 Å². The van der Waals surface area contributed by atoms with Gasteiger partial charge in [-0.25, -0.2) is 23.1 Å². The molecule has 0 saturated heterocycles. The summed E-state index contributed by atoms with van der Waals surface area (Å²) in [7, 11) is -2.25. The predicted molar refractivity (Wildman–Crippen MR) is 108 cm³/mol. The van der Waals surface area contributed by atoms with Gasteiger partial charge in [0.05, 0.1) is 18.4 Å². The highest BCUT2D eigenvalue weighted by atomic mass is 35.5. The minimum Gasteiger partial charge on any atom is -0.481 e. The third-order valence-corrected chi connectivity index (χ3v) is 4.47. The van der Waals surface area contributed by atoms with Crippen LogP contribution in [-0.2, 0) is 10.0 Å². The van der Waals surface area contributed by atoms with E-state index in [0.717, 1.165) is 6.26 Å². The number of nitrogens with one attached hydrogen (secondary N) is 1. The zero-order chi connectivity index (χ0) is 21.0. The SMILES string of the molecule is COc1ncccc1-c1cc(C(=O)NS(C)(=O)=O)ccc1Oc1ccc(Cl)cn1. The van der Waals surface area contributed by atoms with Crippen molar-refractivity contribution in [3.63, 3.8) is 0 Å². The predicted octanol–water partition coefficient (Wildman–Crippen LogP) is 3.29. The molecule has 0 bridgehead atoms. The van der Waals surface area contributed by atoms with Crippen LogP contribution in [0.15, 0.2) is 54.9 Å². The molecule has 150 valence electrons. The van der Waals surface area contributed by atoms with Gasteiger partial charge in [-0.3, -0.25) is 4.79 Å². The first-order valence-corrected chi connectivity index (χ1v) is 10.5. The maximum Gasteiger partial charge on any atom is 0.264 e. The van der Waals surface area contributed by atoms with Crippen LogP contribution >= 0.6 is 11.6 Å². The van der Waals surface area contributed by atoms with Crippen molar-refractivity contribution in [2.75, 3.05) is 13.4 Å². The maximum absolute atomic E-state index is 12.3. The van der Waals surface area contributed by atoms with Crippen LogP contribution in [0, 0.1) is 0 Å². The van der Waals surface area contributed by atoms with Gasteiger partial charge in [0.1, 0.15) is 5.75 Å². The zero-order valence-electron chi connectivity index (χ0n) is 15.4. The van der Waals surface area contributed by atoms with E-state index in [-0.39, 0.29) is 11.4 Å². The van der Waals surface area contributed by atoms with Crippen LogP contribution in [0.5, 0.6) is 17.5 Å². The molecule has 3 rings (SSSR count). The Hall–Kier alpha value is -3.17. The third-order valence-electron chi connectivity index (χ3n) is 3.69. The van der Waals surface area contributed by atoms with Gasteiger partial charge in [0.15, 0.2) is 0 Å². The second-order valence-electron chi connectivity index (χ2n) is 5.89. The Kier molecular flexibility index (Phi) is 6.00. The smallest absolute Gasteiger partial charge is 0.264 e. The lowest BCUT2D eigenvalue weighted by Gasteiger charge is -2.14. The Morgan fingerprint density at radius 3 is 2.55 bits per heavy atom. The van der Waals surface area contributed by atoms with Gasteiger partial charge in [0, 0.05) is 35.2 Å². The van der Waals surface area contributed by atoms with Gasteiger partial charge in [-0.15, -0.1) is 0 Å². The number of carbonyl (C=O) groups is 1. The molecule has 0 aliphatic heterocycles. The average molecular weight is 434 g/mol. The van der Waals surface area contributed by atoms with E-state index in [9.17, 15) is 13.2 Å². The molecule has 0 fully saturated rings. The quantitative estimate of drug-likeness (QED) is 0.635. The van der Waals surface area contributed by atoms with Gasteiger partial charge < -0.3 is 9.47 Å². The van der Waals surface area contributed by atoms with E-state index in [0.29, 0.717) is 27.8 Å². The summed E-state index contributed by atoms with van der Waals surface area (Å²) in [5.41, 5.74) is 1.13. The van der Waals surface area contributed by atoms with E-state index in [1.165, 1.54) is 31.5 Å². The summed E-state index contributed by atoms with van der Waals surface area (Å²) < 4.78 is 35.9. The van der Waals surface area contributed by atoms with Gasteiger partial charge in [0.25, 0.3) is 5.91 Å². The zero-order valence-corrected chi connectivity index (χ0v) is 17.0. The summed E-state index contributed by atoms with van der Waals surface area (Å²) in [5, 5.41) is 0.458. The van der Waals surface area contributed by atoms with Crippen LogP contribution in [0.3, 0.4) is 0 Å². The van der Waals surface area contributed by atoms with Crippen LogP contribution in [0.1, 0.15) is 10.4 Å². The normalized spacial score (nSPS) is 11.0. The maximum atomic E-state index is 12.3. The van der Waals surface area contributed by atoms with Gasteiger partial charge in [0.2, 0.25) is 21.8 Å². The van der Waals surface area contributed by atoms with E-state index in [2.05, 4.69) is 9.97 Å². The van der Waals surface area contributed by atoms with Crippen molar-refractivity contribution in [2.24, 2.45) is 0 Å². The molecule has 3 aromatic rings. The molecule has 8 nitrogen and oxygen atoms in total. The number of aromatic nitrogens is 2. The van der Waals surface area contributed by atoms with Crippen LogP contribution in [0.25, 0.3) is 11.1 Å². The number of carbonyl (C=O) groups excluding carboxylic acids is 1. The number of ether oxygens (including phenoxy) is 2. The lowest BCUT2D eigenvalue weighted by Crippen LogP contribution is -2.29. The first kappa shape index (κ1) is 20.6. The highest BCUT2D eigenvalue weighted by Gasteiger charge is 2.18. The van der Waals surface area contributed by atoms with E-state index in [4.69, 9.17) is 21.1 Å². The van der Waals surface area contributed by atoms with Crippen molar-refractivity contribution in [2.45, 2.75) is 0 Å². The number of rotatable bonds is 6. The standard InChI is InChI=1S/C19H16ClN3O5S/c1-27-19-14(4-3-9-21-19)15-10-12(18(24)23-29(2,25)26)5-7-16(15)28-17-8-6-13(20)11-22-17/h3-11H,1-2H3,(H,23,24). The van der Waals surface area contributed by atoms with E-state index >= 15 is 0 Å². The summed E-state index contributed by atoms with van der Waals surface area (Å²) in [6, 6.07) is 11.1. The summed E-state index contributed by atoms with van der Waals surface area (Å²) in [6.07, 6.45) is 3.90. The molecule has 0 unspecified atom stereocenters. The van der Waals surface area contributed by atoms with Crippen LogP contribution < -0.4 is 14.2 Å². The fourth-order valence-electron chi connectivity index (χ4n) is 2.49. The molecule has 2 heterocycles. The number of pyridine rings is 2. The molecule has 2 aromatic heterocycles. The lowest BCUT2D eigenvalue weighted by atomic mass is 10.0. The van der Waals surface area contributed by atoms with Crippen molar-refractivity contribution in [3.05, 3.63) is 65.4 Å². The molecule has 0 aliphatic carbocycles. The van der Waals surface area contributed by atoms with Crippen LogP contribution in [-0.4, -0.2) is 37.7 Å². The molecule has 10 heteroatoms. The lowest BCUT2D eigenvalue weighted by molar-refractivity contribution is 0.0981. The fraction of sp³-hybridized carbons (Fsp3) is 0.105. The minimum absolute atomic E-state index is 0.118. The molecule has 0 saturated carbocycles. The van der Waals surface area contributed by atoms with E-state index < -0.39 is 15.9 Å².